The third-order valence-electron chi connectivity index (χ3n) is 5.04. The number of hydrogen-bond donors (Lipinski definition) is 1. The normalized spacial score (nSPS) is 15.1. The summed E-state index contributed by atoms with van der Waals surface area (Å²) in [5, 5.41) is 5.15. The molecule has 4 nitrogen and oxygen atoms in total. The van der Waals surface area contributed by atoms with Crippen LogP contribution in [0, 0.1) is 0 Å². The van der Waals surface area contributed by atoms with Gasteiger partial charge >= 0.3 is 5.97 Å². The molecule has 1 heterocycles. The van der Waals surface area contributed by atoms with Gasteiger partial charge < -0.3 is 10.1 Å². The number of benzene rings is 3. The highest BCUT2D eigenvalue weighted by atomic mass is 32.2. The van der Waals surface area contributed by atoms with Crippen LogP contribution >= 0.6 is 23.5 Å². The van der Waals surface area contributed by atoms with Crippen molar-refractivity contribution < 1.29 is 14.3 Å². The molecule has 1 atom stereocenters. The summed E-state index contributed by atoms with van der Waals surface area (Å²) in [7, 11) is 0. The fraction of sp³-hybridized carbons (Fsp3) is 0.250. The fourth-order valence-corrected chi connectivity index (χ4v) is 6.39. The molecule has 1 aliphatic rings. The van der Waals surface area contributed by atoms with Crippen molar-refractivity contribution in [3.05, 3.63) is 83.4 Å². The number of nitrogens with one attached hydrogen (secondary N) is 1. The lowest BCUT2D eigenvalue weighted by Gasteiger charge is -2.16. The van der Waals surface area contributed by atoms with Crippen LogP contribution in [0.4, 0.5) is 0 Å². The average molecular weight is 438 g/mol. The number of amides is 1. The third kappa shape index (κ3) is 4.82. The number of hydrogen-bond acceptors (Lipinski definition) is 5. The number of rotatable bonds is 6. The van der Waals surface area contributed by atoms with Gasteiger partial charge in [0.2, 0.25) is 0 Å². The molecule has 3 aromatic rings. The van der Waals surface area contributed by atoms with Gasteiger partial charge in [0.15, 0.2) is 6.61 Å². The molecule has 0 saturated carbocycles. The van der Waals surface area contributed by atoms with Crippen LogP contribution in [-0.2, 0) is 9.53 Å². The summed E-state index contributed by atoms with van der Waals surface area (Å²) >= 11 is 3.84. The van der Waals surface area contributed by atoms with E-state index in [4.69, 9.17) is 4.74 Å². The number of ether oxygens (including phenoxy) is 1. The Morgan fingerprint density at radius 3 is 2.47 bits per heavy atom. The predicted molar refractivity (Wildman–Crippen MR) is 125 cm³/mol. The molecule has 4 rings (SSSR count). The molecule has 1 N–H and O–H groups in total. The van der Waals surface area contributed by atoms with E-state index in [0.717, 1.165) is 27.8 Å². The van der Waals surface area contributed by atoms with E-state index in [1.54, 1.807) is 12.1 Å². The number of fused-ring (bicyclic) bond motifs is 1. The molecule has 1 amide bonds. The van der Waals surface area contributed by atoms with Gasteiger partial charge in [-0.3, -0.25) is 4.79 Å². The van der Waals surface area contributed by atoms with Gasteiger partial charge in [-0.1, -0.05) is 54.6 Å². The Kier molecular flexibility index (Phi) is 6.65. The van der Waals surface area contributed by atoms with Gasteiger partial charge in [0.1, 0.15) is 0 Å². The Labute approximate surface area is 184 Å². The number of carbonyl (C=O) groups is 2. The van der Waals surface area contributed by atoms with E-state index in [0.29, 0.717) is 10.1 Å². The number of esters is 1. The minimum absolute atomic E-state index is 0.192. The molecule has 1 saturated heterocycles. The van der Waals surface area contributed by atoms with Crippen LogP contribution in [0.3, 0.4) is 0 Å². The Hall–Kier alpha value is -2.44. The first kappa shape index (κ1) is 20.8. The summed E-state index contributed by atoms with van der Waals surface area (Å²) < 4.78 is 5.66. The Morgan fingerprint density at radius 1 is 1.00 bits per heavy atom. The quantitative estimate of drug-likeness (QED) is 0.527. The molecule has 154 valence electrons. The highest BCUT2D eigenvalue weighted by Gasteiger charge is 2.19. The number of carbonyl (C=O) groups excluding carboxylic acids is 2. The van der Waals surface area contributed by atoms with E-state index >= 15 is 0 Å². The van der Waals surface area contributed by atoms with Gasteiger partial charge in [0.05, 0.1) is 16.2 Å². The lowest BCUT2D eigenvalue weighted by molar-refractivity contribution is -0.124. The van der Waals surface area contributed by atoms with Crippen molar-refractivity contribution in [2.75, 3.05) is 18.1 Å². The van der Waals surface area contributed by atoms with Crippen molar-refractivity contribution in [3.8, 4) is 0 Å². The van der Waals surface area contributed by atoms with Crippen molar-refractivity contribution in [1.82, 2.24) is 5.32 Å². The van der Waals surface area contributed by atoms with Gasteiger partial charge in [0.25, 0.3) is 5.91 Å². The number of thioether (sulfide) groups is 2. The smallest absolute Gasteiger partial charge is 0.338 e. The van der Waals surface area contributed by atoms with Crippen LogP contribution in [0.2, 0.25) is 0 Å². The minimum Gasteiger partial charge on any atom is -0.452 e. The summed E-state index contributed by atoms with van der Waals surface area (Å²) in [6, 6.07) is 21.4. The molecule has 1 aliphatic heterocycles. The second kappa shape index (κ2) is 9.58. The van der Waals surface area contributed by atoms with Crippen molar-refractivity contribution in [2.24, 2.45) is 0 Å². The van der Waals surface area contributed by atoms with Crippen LogP contribution in [0.15, 0.2) is 66.7 Å². The first-order valence-corrected chi connectivity index (χ1v) is 12.0. The van der Waals surface area contributed by atoms with Gasteiger partial charge in [-0.25, -0.2) is 4.79 Å². The second-order valence-electron chi connectivity index (χ2n) is 7.13. The van der Waals surface area contributed by atoms with Gasteiger partial charge in [-0.05, 0) is 41.0 Å². The topological polar surface area (TPSA) is 55.4 Å². The lowest BCUT2D eigenvalue weighted by atomic mass is 10.00. The van der Waals surface area contributed by atoms with Gasteiger partial charge in [-0.15, -0.1) is 23.5 Å². The highest BCUT2D eigenvalue weighted by Crippen LogP contribution is 2.45. The summed E-state index contributed by atoms with van der Waals surface area (Å²) in [4.78, 5) is 24.6. The van der Waals surface area contributed by atoms with Gasteiger partial charge in [-0.2, -0.15) is 0 Å². The molecule has 0 aromatic heterocycles. The molecule has 0 radical (unpaired) electrons. The third-order valence-corrected chi connectivity index (χ3v) is 8.15. The van der Waals surface area contributed by atoms with Crippen molar-refractivity contribution in [3.63, 3.8) is 0 Å². The van der Waals surface area contributed by atoms with E-state index < -0.39 is 5.97 Å². The van der Waals surface area contributed by atoms with Crippen LogP contribution in [0.1, 0.15) is 39.0 Å². The fourth-order valence-electron chi connectivity index (χ4n) is 3.53. The summed E-state index contributed by atoms with van der Waals surface area (Å²) in [6.45, 7) is 1.63. The van der Waals surface area contributed by atoms with E-state index in [1.165, 1.54) is 5.56 Å². The van der Waals surface area contributed by atoms with Crippen molar-refractivity contribution in [2.45, 2.75) is 17.5 Å². The lowest BCUT2D eigenvalue weighted by Crippen LogP contribution is -2.31. The average Bonchev–Trinajstić information content (AvgIpc) is 3.32. The zero-order valence-corrected chi connectivity index (χ0v) is 18.3. The van der Waals surface area contributed by atoms with Crippen LogP contribution in [0.5, 0.6) is 0 Å². The molecule has 1 fully saturated rings. The standard InChI is InChI=1S/C24H23NO3S2/c1-16(20-8-4-6-17-5-2-3-7-21(17)20)25-22(26)15-28-23(27)18-9-11-19(12-10-18)24-29-13-14-30-24/h2-12,16,24H,13-15H2,1H3,(H,25,26). The molecule has 0 aliphatic carbocycles. The maximum Gasteiger partial charge on any atom is 0.338 e. The monoisotopic (exact) mass is 437 g/mol. The summed E-state index contributed by atoms with van der Waals surface area (Å²) in [6.07, 6.45) is 0. The molecule has 6 heteroatoms. The van der Waals surface area contributed by atoms with Gasteiger partial charge in [0, 0.05) is 11.5 Å². The molecule has 0 bridgehead atoms. The largest absolute Gasteiger partial charge is 0.452 e. The van der Waals surface area contributed by atoms with Crippen molar-refractivity contribution in [1.29, 1.82) is 0 Å². The maximum atomic E-state index is 12.3. The molecular formula is C24H23NO3S2. The molecular weight excluding hydrogens is 414 g/mol. The second-order valence-corrected chi connectivity index (χ2v) is 9.85. The minimum atomic E-state index is -0.485. The Bertz CT molecular complexity index is 1040. The Balaban J connectivity index is 1.32. The van der Waals surface area contributed by atoms with E-state index in [-0.39, 0.29) is 18.6 Å². The Morgan fingerprint density at radius 2 is 1.70 bits per heavy atom. The summed E-state index contributed by atoms with van der Waals surface area (Å²) in [5.74, 6) is 1.51. The van der Waals surface area contributed by atoms with E-state index in [2.05, 4.69) is 5.32 Å². The van der Waals surface area contributed by atoms with Crippen LogP contribution in [0.25, 0.3) is 10.8 Å². The first-order valence-electron chi connectivity index (χ1n) is 9.89. The predicted octanol–water partition coefficient (Wildman–Crippen LogP) is 5.35. The first-order chi connectivity index (χ1) is 14.6. The zero-order valence-electron chi connectivity index (χ0n) is 16.7. The SMILES string of the molecule is CC(NC(=O)COC(=O)c1ccc(C2SCCS2)cc1)c1cccc2ccccc12. The van der Waals surface area contributed by atoms with Crippen LogP contribution in [-0.4, -0.2) is 30.0 Å². The molecule has 0 spiro atoms. The molecule has 1 unspecified atom stereocenters. The highest BCUT2D eigenvalue weighted by molar-refractivity contribution is 8.19. The molecule has 30 heavy (non-hydrogen) atoms. The van der Waals surface area contributed by atoms with E-state index in [1.807, 2.05) is 85.0 Å². The van der Waals surface area contributed by atoms with Crippen molar-refractivity contribution >= 4 is 46.2 Å². The molecule has 3 aromatic carbocycles. The van der Waals surface area contributed by atoms with E-state index in [9.17, 15) is 9.59 Å². The van der Waals surface area contributed by atoms with Crippen LogP contribution < -0.4 is 5.32 Å². The zero-order chi connectivity index (χ0) is 20.9. The maximum absolute atomic E-state index is 12.3. The summed E-state index contributed by atoms with van der Waals surface area (Å²) in [5.41, 5.74) is 2.70.